The number of alkyl halides is 3. The van der Waals surface area contributed by atoms with Crippen LogP contribution in [0.15, 0.2) is 24.3 Å². The van der Waals surface area contributed by atoms with Crippen molar-refractivity contribution < 1.29 is 18.0 Å². The molecule has 1 atom stereocenters. The summed E-state index contributed by atoms with van der Waals surface area (Å²) < 4.78 is 38.5. The van der Waals surface area contributed by atoms with Crippen molar-refractivity contribution in [2.24, 2.45) is 0 Å². The van der Waals surface area contributed by atoms with E-state index in [2.05, 4.69) is 4.90 Å². The molecule has 0 bridgehead atoms. The van der Waals surface area contributed by atoms with E-state index >= 15 is 0 Å². The van der Waals surface area contributed by atoms with Crippen LogP contribution in [0, 0.1) is 0 Å². The van der Waals surface area contributed by atoms with Crippen LogP contribution in [-0.2, 0) is 17.4 Å². The van der Waals surface area contributed by atoms with Crippen LogP contribution in [0.25, 0.3) is 0 Å². The summed E-state index contributed by atoms with van der Waals surface area (Å²) in [6.45, 7) is 3.79. The minimum Gasteiger partial charge on any atom is -0.338 e. The molecule has 2 fully saturated rings. The Hall–Kier alpha value is -1.56. The second kappa shape index (κ2) is 7.77. The van der Waals surface area contributed by atoms with Crippen molar-refractivity contribution in [3.8, 4) is 0 Å². The third-order valence-electron chi connectivity index (χ3n) is 5.22. The zero-order valence-electron chi connectivity index (χ0n) is 14.4. The topological polar surface area (TPSA) is 23.6 Å². The molecule has 2 aliphatic rings. The molecule has 2 heterocycles. The molecule has 2 saturated heterocycles. The first kappa shape index (κ1) is 18.2. The number of likely N-dealkylation sites (tertiary alicyclic amines) is 2. The van der Waals surface area contributed by atoms with Gasteiger partial charge in [0.1, 0.15) is 0 Å². The largest absolute Gasteiger partial charge is 0.416 e. The summed E-state index contributed by atoms with van der Waals surface area (Å²) in [6, 6.07) is 5.32. The van der Waals surface area contributed by atoms with Crippen molar-refractivity contribution in [1.82, 2.24) is 9.80 Å². The summed E-state index contributed by atoms with van der Waals surface area (Å²) in [5.41, 5.74) is -0.254. The van der Waals surface area contributed by atoms with E-state index in [0.29, 0.717) is 5.56 Å². The van der Waals surface area contributed by atoms with Crippen molar-refractivity contribution in [2.45, 2.75) is 50.7 Å². The summed E-state index contributed by atoms with van der Waals surface area (Å²) in [6.07, 6.45) is 1.18. The van der Waals surface area contributed by atoms with Gasteiger partial charge in [-0.1, -0.05) is 18.2 Å². The Balaban J connectivity index is 1.66. The lowest BCUT2D eigenvalue weighted by Gasteiger charge is -2.38. The van der Waals surface area contributed by atoms with E-state index in [4.69, 9.17) is 0 Å². The number of hydrogen-bond donors (Lipinski definition) is 0. The van der Waals surface area contributed by atoms with E-state index in [9.17, 15) is 18.0 Å². The highest BCUT2D eigenvalue weighted by Gasteiger charge is 2.32. The Bertz CT molecular complexity index is 597. The predicted molar refractivity (Wildman–Crippen MR) is 90.2 cm³/mol. The van der Waals surface area contributed by atoms with Gasteiger partial charge >= 0.3 is 6.18 Å². The summed E-state index contributed by atoms with van der Waals surface area (Å²) in [5, 5.41) is 0. The first-order valence-electron chi connectivity index (χ1n) is 9.11. The molecule has 6 heteroatoms. The fourth-order valence-electron chi connectivity index (χ4n) is 3.92. The molecule has 138 valence electrons. The molecular weight excluding hydrogens is 329 g/mol. The lowest BCUT2D eigenvalue weighted by atomic mass is 9.99. The normalized spacial score (nSPS) is 22.4. The van der Waals surface area contributed by atoms with E-state index in [1.807, 2.05) is 4.90 Å². The van der Waals surface area contributed by atoms with E-state index in [0.717, 1.165) is 57.6 Å². The van der Waals surface area contributed by atoms with Gasteiger partial charge in [0.25, 0.3) is 0 Å². The maximum absolute atomic E-state index is 12.8. The van der Waals surface area contributed by atoms with Gasteiger partial charge in [-0.15, -0.1) is 0 Å². The highest BCUT2D eigenvalue weighted by molar-refractivity contribution is 5.79. The van der Waals surface area contributed by atoms with Gasteiger partial charge in [0.2, 0.25) is 5.91 Å². The monoisotopic (exact) mass is 354 g/mol. The van der Waals surface area contributed by atoms with Gasteiger partial charge in [-0.3, -0.25) is 4.79 Å². The Labute approximate surface area is 146 Å². The summed E-state index contributed by atoms with van der Waals surface area (Å²) in [7, 11) is 0. The van der Waals surface area contributed by atoms with Crippen molar-refractivity contribution in [3.05, 3.63) is 35.4 Å². The third kappa shape index (κ3) is 4.75. The van der Waals surface area contributed by atoms with Gasteiger partial charge in [0.05, 0.1) is 12.0 Å². The van der Waals surface area contributed by atoms with Gasteiger partial charge in [-0.2, -0.15) is 13.2 Å². The maximum Gasteiger partial charge on any atom is 0.416 e. The molecule has 0 spiro atoms. The van der Waals surface area contributed by atoms with Crippen LogP contribution in [0.1, 0.15) is 43.2 Å². The fraction of sp³-hybridized carbons (Fsp3) is 0.632. The van der Waals surface area contributed by atoms with Crippen LogP contribution >= 0.6 is 0 Å². The molecule has 3 rings (SSSR count). The minimum absolute atomic E-state index is 0.0421. The number of benzene rings is 1. The molecule has 0 saturated carbocycles. The van der Waals surface area contributed by atoms with Gasteiger partial charge < -0.3 is 9.80 Å². The molecular formula is C19H25F3N2O. The Morgan fingerprint density at radius 1 is 1.08 bits per heavy atom. The van der Waals surface area contributed by atoms with Gasteiger partial charge in [-0.05, 0) is 56.8 Å². The van der Waals surface area contributed by atoms with Crippen molar-refractivity contribution in [1.29, 1.82) is 0 Å². The highest BCUT2D eigenvalue weighted by atomic mass is 19.4. The zero-order valence-corrected chi connectivity index (χ0v) is 14.4. The first-order valence-corrected chi connectivity index (χ1v) is 9.11. The number of hydrogen-bond acceptors (Lipinski definition) is 2. The first-order chi connectivity index (χ1) is 11.9. The molecule has 0 aromatic heterocycles. The number of carbonyl (C=O) groups is 1. The summed E-state index contributed by atoms with van der Waals surface area (Å²) in [4.78, 5) is 17.0. The number of piperidine rings is 1. The Morgan fingerprint density at radius 2 is 1.80 bits per heavy atom. The highest BCUT2D eigenvalue weighted by Crippen LogP contribution is 2.30. The van der Waals surface area contributed by atoms with Crippen molar-refractivity contribution in [3.63, 3.8) is 0 Å². The second-order valence-corrected chi connectivity index (χ2v) is 7.12. The molecule has 0 radical (unpaired) electrons. The molecule has 1 aromatic rings. The smallest absolute Gasteiger partial charge is 0.338 e. The molecule has 1 amide bonds. The van der Waals surface area contributed by atoms with Crippen molar-refractivity contribution in [2.75, 3.05) is 26.2 Å². The SMILES string of the molecule is O=C(Cc1cccc(C(F)(F)F)c1)N1CCCC[C@H]1CN1CCCC1. The van der Waals surface area contributed by atoms with Gasteiger partial charge in [0.15, 0.2) is 0 Å². The standard InChI is InChI=1S/C19H25F3N2O/c20-19(21,22)16-7-5-6-15(12-16)13-18(25)24-11-2-1-8-17(24)14-23-9-3-4-10-23/h5-7,12,17H,1-4,8-11,13-14H2/t17-/m0/s1. The lowest BCUT2D eigenvalue weighted by molar-refractivity contribution is -0.138. The van der Waals surface area contributed by atoms with Crippen LogP contribution in [0.4, 0.5) is 13.2 Å². The van der Waals surface area contributed by atoms with E-state index in [-0.39, 0.29) is 18.4 Å². The molecule has 1 aromatic carbocycles. The van der Waals surface area contributed by atoms with E-state index in [1.165, 1.54) is 18.9 Å². The van der Waals surface area contributed by atoms with Gasteiger partial charge in [-0.25, -0.2) is 0 Å². The van der Waals surface area contributed by atoms with Gasteiger partial charge in [0, 0.05) is 19.1 Å². The van der Waals surface area contributed by atoms with Crippen LogP contribution in [0.5, 0.6) is 0 Å². The Kier molecular flexibility index (Phi) is 5.67. The molecule has 3 nitrogen and oxygen atoms in total. The molecule has 0 N–H and O–H groups in total. The molecule has 25 heavy (non-hydrogen) atoms. The Morgan fingerprint density at radius 3 is 2.52 bits per heavy atom. The van der Waals surface area contributed by atoms with Crippen molar-refractivity contribution >= 4 is 5.91 Å². The molecule has 0 aliphatic carbocycles. The quantitative estimate of drug-likeness (QED) is 0.823. The number of halogens is 3. The average molecular weight is 354 g/mol. The van der Waals surface area contributed by atoms with Crippen LogP contribution < -0.4 is 0 Å². The lowest BCUT2D eigenvalue weighted by Crippen LogP contribution is -2.49. The minimum atomic E-state index is -4.37. The number of nitrogens with zero attached hydrogens (tertiary/aromatic N) is 2. The van der Waals surface area contributed by atoms with Crippen LogP contribution in [0.3, 0.4) is 0 Å². The maximum atomic E-state index is 12.8. The third-order valence-corrected chi connectivity index (χ3v) is 5.22. The number of carbonyl (C=O) groups excluding carboxylic acids is 1. The zero-order chi connectivity index (χ0) is 17.9. The number of amides is 1. The second-order valence-electron chi connectivity index (χ2n) is 7.12. The van der Waals surface area contributed by atoms with E-state index < -0.39 is 11.7 Å². The summed E-state index contributed by atoms with van der Waals surface area (Å²) >= 11 is 0. The van der Waals surface area contributed by atoms with Crippen LogP contribution in [-0.4, -0.2) is 47.9 Å². The fourth-order valence-corrected chi connectivity index (χ4v) is 3.92. The van der Waals surface area contributed by atoms with Crippen LogP contribution in [0.2, 0.25) is 0 Å². The molecule has 2 aliphatic heterocycles. The van der Waals surface area contributed by atoms with E-state index in [1.54, 1.807) is 6.07 Å². The predicted octanol–water partition coefficient (Wildman–Crippen LogP) is 3.72. The summed E-state index contributed by atoms with van der Waals surface area (Å²) in [5.74, 6) is -0.0526. The molecule has 0 unspecified atom stereocenters. The average Bonchev–Trinajstić information content (AvgIpc) is 3.08. The number of rotatable bonds is 4.